The number of carbonyl (C=O) groups excluding carboxylic acids is 3. The fraction of sp³-hybridized carbons (Fsp3) is 0.149. The number of nitrogens with zero attached hydrogens (tertiary/aromatic N) is 3. The first-order valence-corrected chi connectivity index (χ1v) is 22.4. The Bertz CT molecular complexity index is 2520. The van der Waals surface area contributed by atoms with Crippen LogP contribution in [0.4, 0.5) is 5.13 Å². The summed E-state index contributed by atoms with van der Waals surface area (Å²) in [5, 5.41) is 21.0. The van der Waals surface area contributed by atoms with Crippen molar-refractivity contribution in [3.05, 3.63) is 202 Å². The minimum absolute atomic E-state index is 0.0202. The highest BCUT2D eigenvalue weighted by Gasteiger charge is 2.61. The third-order valence-electron chi connectivity index (χ3n) is 10.5. The van der Waals surface area contributed by atoms with E-state index in [1.807, 2.05) is 152 Å². The Hall–Kier alpha value is -6.78. The number of carboxylic acid groups (broad SMARTS) is 1. The van der Waals surface area contributed by atoms with Gasteiger partial charge in [-0.25, -0.2) is 14.6 Å². The molecule has 1 saturated heterocycles. The molecule has 0 bridgehead atoms. The largest absolute Gasteiger partial charge is 0.614 e. The van der Waals surface area contributed by atoms with Gasteiger partial charge in [0.1, 0.15) is 22.7 Å². The standard InChI is InChI=1S/C47H38ClN5O8S2/c48-26-32-29-63(59)44-39(43(56)53(44)40(32)45(57)58)50-42(55)38(52-60-27-37(54)61-41(30-16-6-1-7-17-30)31-18-8-2-9-19-31)36-28-62-46(49-36)51-47(33-20-10-3-11-21-33,34-22-12-4-13-23-34)35-24-14-5-15-25-35/h1-25,28,39,41,44H,26-27,29H2,(H,49,51)(H,50,55)(H,57,58)/b52-38-/t39?,44-,63?/m0/s1. The zero-order valence-electron chi connectivity index (χ0n) is 33.2. The van der Waals surface area contributed by atoms with Crippen molar-refractivity contribution in [1.29, 1.82) is 0 Å². The van der Waals surface area contributed by atoms with E-state index in [0.717, 1.165) is 32.7 Å². The van der Waals surface area contributed by atoms with E-state index in [0.29, 0.717) is 5.13 Å². The lowest BCUT2D eigenvalue weighted by atomic mass is 9.77. The van der Waals surface area contributed by atoms with E-state index < -0.39 is 70.3 Å². The summed E-state index contributed by atoms with van der Waals surface area (Å²) in [7, 11) is 0. The number of halogens is 1. The molecule has 0 saturated carbocycles. The monoisotopic (exact) mass is 899 g/mol. The minimum atomic E-state index is -1.80. The number of thiazole rings is 1. The summed E-state index contributed by atoms with van der Waals surface area (Å²) < 4.78 is 19.2. The van der Waals surface area contributed by atoms with Crippen molar-refractivity contribution in [1.82, 2.24) is 15.2 Å². The average molecular weight is 900 g/mol. The highest BCUT2D eigenvalue weighted by atomic mass is 35.5. The number of esters is 1. The number of hydrogen-bond donors (Lipinski definition) is 3. The smallest absolute Gasteiger partial charge is 0.352 e. The van der Waals surface area contributed by atoms with E-state index in [1.54, 1.807) is 5.38 Å². The van der Waals surface area contributed by atoms with Crippen molar-refractivity contribution in [3.63, 3.8) is 0 Å². The molecule has 1 fully saturated rings. The van der Waals surface area contributed by atoms with Crippen molar-refractivity contribution in [2.45, 2.75) is 23.1 Å². The predicted molar refractivity (Wildman–Crippen MR) is 239 cm³/mol. The fourth-order valence-corrected chi connectivity index (χ4v) is 10.4. The van der Waals surface area contributed by atoms with Gasteiger partial charge >= 0.3 is 11.9 Å². The lowest BCUT2D eigenvalue weighted by Crippen LogP contribution is -2.75. The van der Waals surface area contributed by atoms with Crippen LogP contribution in [-0.2, 0) is 45.5 Å². The molecule has 3 heterocycles. The van der Waals surface area contributed by atoms with Crippen molar-refractivity contribution in [2.75, 3.05) is 23.6 Å². The van der Waals surface area contributed by atoms with Crippen LogP contribution in [0, 0.1) is 0 Å². The number of benzene rings is 5. The molecule has 0 radical (unpaired) electrons. The van der Waals surface area contributed by atoms with E-state index in [1.165, 1.54) is 11.3 Å². The molecule has 2 unspecified atom stereocenters. The summed E-state index contributed by atoms with van der Waals surface area (Å²) in [5.74, 6) is -4.38. The third kappa shape index (κ3) is 8.81. The number of amides is 2. The van der Waals surface area contributed by atoms with Gasteiger partial charge in [-0.2, -0.15) is 0 Å². The lowest BCUT2D eigenvalue weighted by molar-refractivity contribution is -0.153. The molecule has 8 rings (SSSR count). The molecule has 318 valence electrons. The quantitative estimate of drug-likeness (QED) is 0.0182. The van der Waals surface area contributed by atoms with Gasteiger partial charge in [-0.05, 0) is 39.0 Å². The Labute approximate surface area is 374 Å². The molecular formula is C47H38ClN5O8S2. The Kier molecular flexibility index (Phi) is 13.0. The van der Waals surface area contributed by atoms with Crippen LogP contribution in [0.15, 0.2) is 173 Å². The summed E-state index contributed by atoms with van der Waals surface area (Å²) in [6.45, 7) is -0.710. The molecule has 13 nitrogen and oxygen atoms in total. The van der Waals surface area contributed by atoms with Crippen LogP contribution < -0.4 is 10.6 Å². The number of rotatable bonds is 16. The molecule has 1 aromatic heterocycles. The van der Waals surface area contributed by atoms with Gasteiger partial charge in [-0.3, -0.25) is 14.5 Å². The fourth-order valence-electron chi connectivity index (χ4n) is 7.65. The normalized spacial score (nSPS) is 17.4. The molecule has 6 aromatic rings. The summed E-state index contributed by atoms with van der Waals surface area (Å²) in [6.07, 6.45) is -0.769. The average Bonchev–Trinajstić information content (AvgIpc) is 3.79. The van der Waals surface area contributed by atoms with Crippen LogP contribution in [0.2, 0.25) is 0 Å². The number of nitrogens with one attached hydrogen (secondary N) is 2. The van der Waals surface area contributed by atoms with Crippen molar-refractivity contribution >= 4 is 68.7 Å². The molecule has 0 spiro atoms. The molecule has 2 aliphatic heterocycles. The number of alkyl halides is 1. The Balaban J connectivity index is 1.11. The minimum Gasteiger partial charge on any atom is -0.614 e. The number of oxime groups is 1. The van der Waals surface area contributed by atoms with Crippen LogP contribution in [0.3, 0.4) is 0 Å². The zero-order valence-corrected chi connectivity index (χ0v) is 35.6. The van der Waals surface area contributed by atoms with Gasteiger partial charge in [0.05, 0.1) is 5.88 Å². The maximum Gasteiger partial charge on any atom is 0.352 e. The number of hydrogen-bond acceptors (Lipinski definition) is 11. The van der Waals surface area contributed by atoms with Crippen LogP contribution in [0.25, 0.3) is 0 Å². The molecule has 3 N–H and O–H groups in total. The second-order valence-electron chi connectivity index (χ2n) is 14.4. The highest BCUT2D eigenvalue weighted by molar-refractivity contribution is 7.92. The molecule has 2 aliphatic rings. The van der Waals surface area contributed by atoms with Crippen LogP contribution in [-0.4, -0.2) is 78.7 Å². The van der Waals surface area contributed by atoms with E-state index in [9.17, 15) is 28.8 Å². The first-order chi connectivity index (χ1) is 30.7. The van der Waals surface area contributed by atoms with Crippen molar-refractivity contribution in [2.24, 2.45) is 5.16 Å². The molecule has 0 aliphatic carbocycles. The Morgan fingerprint density at radius 3 is 1.86 bits per heavy atom. The number of aromatic nitrogens is 1. The van der Waals surface area contributed by atoms with Gasteiger partial charge in [0.25, 0.3) is 11.8 Å². The number of carboxylic acids is 1. The maximum atomic E-state index is 14.3. The van der Waals surface area contributed by atoms with Crippen molar-refractivity contribution < 1.29 is 38.4 Å². The first kappa shape index (κ1) is 42.9. The molecular weight excluding hydrogens is 862 g/mol. The number of aliphatic carboxylic acids is 1. The zero-order chi connectivity index (χ0) is 43.9. The predicted octanol–water partition coefficient (Wildman–Crippen LogP) is 6.59. The van der Waals surface area contributed by atoms with Gasteiger partial charge in [-0.1, -0.05) is 157 Å². The second kappa shape index (κ2) is 19.1. The third-order valence-corrected chi connectivity index (χ3v) is 13.3. The SMILES string of the molecule is O=C(CO/N=C(\C(=O)NC1C(=O)N2C(C(=O)O)=C(CCl)C[S+]([O-])[C@@H]12)c1csc(NC(c2ccccc2)(c2ccccc2)c2ccccc2)n1)OC(c1ccccc1)c1ccccc1. The van der Waals surface area contributed by atoms with Crippen LogP contribution >= 0.6 is 22.9 Å². The number of β-lactam (4-membered cyclic amide) rings is 1. The lowest BCUT2D eigenvalue weighted by Gasteiger charge is -2.48. The summed E-state index contributed by atoms with van der Waals surface area (Å²) >= 11 is 5.34. The maximum absolute atomic E-state index is 14.3. The molecule has 2 amide bonds. The van der Waals surface area contributed by atoms with Gasteiger partial charge in [-0.15, -0.1) is 22.9 Å². The molecule has 5 aromatic carbocycles. The topological polar surface area (TPSA) is 183 Å². The number of ether oxygens (including phenoxy) is 1. The molecule has 63 heavy (non-hydrogen) atoms. The summed E-state index contributed by atoms with van der Waals surface area (Å²) in [6, 6.07) is 46.4. The number of carbonyl (C=O) groups is 4. The molecule has 16 heteroatoms. The van der Waals surface area contributed by atoms with Gasteiger partial charge in [0, 0.05) is 11.0 Å². The number of fused-ring (bicyclic) bond motifs is 1. The van der Waals surface area contributed by atoms with Gasteiger partial charge in [0.2, 0.25) is 12.0 Å². The van der Waals surface area contributed by atoms with Crippen LogP contribution in [0.5, 0.6) is 0 Å². The second-order valence-corrected chi connectivity index (χ2v) is 17.0. The van der Waals surface area contributed by atoms with E-state index in [2.05, 4.69) is 15.8 Å². The first-order valence-electron chi connectivity index (χ1n) is 19.6. The summed E-state index contributed by atoms with van der Waals surface area (Å²) in [5.41, 5.74) is 2.55. The Morgan fingerprint density at radius 1 is 0.857 bits per heavy atom. The number of anilines is 1. The van der Waals surface area contributed by atoms with E-state index in [-0.39, 0.29) is 28.6 Å². The molecule has 3 atom stereocenters. The van der Waals surface area contributed by atoms with Crippen LogP contribution in [0.1, 0.15) is 39.6 Å². The van der Waals surface area contributed by atoms with Gasteiger partial charge in [0.15, 0.2) is 23.0 Å². The summed E-state index contributed by atoms with van der Waals surface area (Å²) in [4.78, 5) is 64.6. The highest BCUT2D eigenvalue weighted by Crippen LogP contribution is 2.41. The Morgan fingerprint density at radius 2 is 1.37 bits per heavy atom. The van der Waals surface area contributed by atoms with E-state index in [4.69, 9.17) is 26.2 Å². The van der Waals surface area contributed by atoms with Crippen molar-refractivity contribution in [3.8, 4) is 0 Å². The van der Waals surface area contributed by atoms with E-state index >= 15 is 0 Å². The van der Waals surface area contributed by atoms with Gasteiger partial charge < -0.3 is 29.9 Å².